The zero-order chi connectivity index (χ0) is 18.1. The fourth-order valence-corrected chi connectivity index (χ4v) is 3.57. The average Bonchev–Trinajstić information content (AvgIpc) is 3.02. The smallest absolute Gasteiger partial charge is 0.206 e. The van der Waals surface area contributed by atoms with Crippen LogP contribution in [0.3, 0.4) is 0 Å². The molecule has 2 N–H and O–H groups in total. The Bertz CT molecular complexity index is 988. The molecule has 0 amide bonds. The van der Waals surface area contributed by atoms with E-state index in [-0.39, 0.29) is 11.9 Å². The van der Waals surface area contributed by atoms with Crippen molar-refractivity contribution in [1.29, 1.82) is 5.26 Å². The van der Waals surface area contributed by atoms with Gasteiger partial charge in [-0.3, -0.25) is 0 Å². The van der Waals surface area contributed by atoms with Crippen LogP contribution < -0.4 is 10.6 Å². The monoisotopic (exact) mass is 349 g/mol. The standard InChI is InChI=1S/C20H20FN5/c21-17-10-14(11-22)7-8-15(17)12-26-19-6-2-1-5-18(19)24-20(26)25-9-3-4-16(23)13-25/h1-2,5-8,10,16H,3-4,9,12-13,23H2/t16-/m0/s1. The summed E-state index contributed by atoms with van der Waals surface area (Å²) in [6, 6.07) is 14.6. The van der Waals surface area contributed by atoms with Crippen molar-refractivity contribution in [2.24, 2.45) is 5.73 Å². The Morgan fingerprint density at radius 2 is 2.12 bits per heavy atom. The second kappa shape index (κ2) is 6.77. The lowest BCUT2D eigenvalue weighted by atomic mass is 10.1. The summed E-state index contributed by atoms with van der Waals surface area (Å²) in [7, 11) is 0. The maximum atomic E-state index is 14.4. The van der Waals surface area contributed by atoms with Crippen molar-refractivity contribution in [2.45, 2.75) is 25.4 Å². The van der Waals surface area contributed by atoms with Gasteiger partial charge in [0.05, 0.1) is 29.2 Å². The van der Waals surface area contributed by atoms with E-state index in [2.05, 4.69) is 4.90 Å². The topological polar surface area (TPSA) is 70.9 Å². The zero-order valence-corrected chi connectivity index (χ0v) is 14.4. The Morgan fingerprint density at radius 1 is 1.27 bits per heavy atom. The highest BCUT2D eigenvalue weighted by molar-refractivity contribution is 5.79. The zero-order valence-electron chi connectivity index (χ0n) is 14.4. The molecule has 4 rings (SSSR count). The number of hydrogen-bond acceptors (Lipinski definition) is 4. The summed E-state index contributed by atoms with van der Waals surface area (Å²) in [4.78, 5) is 6.98. The van der Waals surface area contributed by atoms with Crippen LogP contribution in [0.15, 0.2) is 42.5 Å². The van der Waals surface area contributed by atoms with E-state index in [4.69, 9.17) is 16.0 Å². The van der Waals surface area contributed by atoms with Crippen LogP contribution in [-0.2, 0) is 6.54 Å². The SMILES string of the molecule is N#Cc1ccc(Cn2c(N3CCC[C@H](N)C3)nc3ccccc32)c(F)c1. The van der Waals surface area contributed by atoms with Gasteiger partial charge < -0.3 is 15.2 Å². The molecule has 26 heavy (non-hydrogen) atoms. The van der Waals surface area contributed by atoms with Gasteiger partial charge in [0.1, 0.15) is 5.82 Å². The minimum absolute atomic E-state index is 0.128. The molecule has 3 aromatic rings. The van der Waals surface area contributed by atoms with Crippen molar-refractivity contribution in [2.75, 3.05) is 18.0 Å². The van der Waals surface area contributed by atoms with Gasteiger partial charge in [0.15, 0.2) is 0 Å². The number of rotatable bonds is 3. The summed E-state index contributed by atoms with van der Waals surface area (Å²) in [5.41, 5.74) is 8.85. The van der Waals surface area contributed by atoms with Crippen molar-refractivity contribution in [3.05, 3.63) is 59.4 Å². The molecule has 2 aromatic carbocycles. The van der Waals surface area contributed by atoms with Crippen molar-refractivity contribution in [3.63, 3.8) is 0 Å². The Kier molecular flexibility index (Phi) is 4.31. The first-order chi connectivity index (χ1) is 12.7. The third-order valence-corrected chi connectivity index (χ3v) is 4.89. The molecule has 0 unspecified atom stereocenters. The van der Waals surface area contributed by atoms with Crippen LogP contribution >= 0.6 is 0 Å². The summed E-state index contributed by atoms with van der Waals surface area (Å²) in [5, 5.41) is 8.94. The van der Waals surface area contributed by atoms with E-state index in [0.717, 1.165) is 42.9 Å². The van der Waals surface area contributed by atoms with Gasteiger partial charge in [-0.1, -0.05) is 18.2 Å². The van der Waals surface area contributed by atoms with E-state index in [0.29, 0.717) is 17.7 Å². The van der Waals surface area contributed by atoms with Crippen LogP contribution in [0.5, 0.6) is 0 Å². The number of para-hydroxylation sites is 2. The normalized spacial score (nSPS) is 17.4. The van der Waals surface area contributed by atoms with Gasteiger partial charge in [-0.05, 0) is 37.1 Å². The summed E-state index contributed by atoms with van der Waals surface area (Å²) >= 11 is 0. The molecule has 1 aromatic heterocycles. The minimum atomic E-state index is -0.372. The average molecular weight is 349 g/mol. The molecule has 0 aliphatic carbocycles. The number of nitrogens with zero attached hydrogens (tertiary/aromatic N) is 4. The fraction of sp³-hybridized carbons (Fsp3) is 0.300. The van der Waals surface area contributed by atoms with E-state index in [1.807, 2.05) is 34.9 Å². The Labute approximate surface area is 151 Å². The highest BCUT2D eigenvalue weighted by atomic mass is 19.1. The summed E-state index contributed by atoms with van der Waals surface area (Å²) in [6.45, 7) is 2.01. The lowest BCUT2D eigenvalue weighted by Gasteiger charge is -2.32. The number of fused-ring (bicyclic) bond motifs is 1. The van der Waals surface area contributed by atoms with Gasteiger partial charge in [-0.15, -0.1) is 0 Å². The number of aromatic nitrogens is 2. The predicted octanol–water partition coefficient (Wildman–Crippen LogP) is 3.02. The molecule has 2 heterocycles. The lowest BCUT2D eigenvalue weighted by Crippen LogP contribution is -2.44. The molecule has 0 spiro atoms. The first kappa shape index (κ1) is 16.6. The first-order valence-electron chi connectivity index (χ1n) is 8.80. The van der Waals surface area contributed by atoms with E-state index < -0.39 is 0 Å². The molecule has 0 radical (unpaired) electrons. The van der Waals surface area contributed by atoms with Gasteiger partial charge in [0, 0.05) is 24.7 Å². The van der Waals surface area contributed by atoms with Gasteiger partial charge in [0.2, 0.25) is 5.95 Å². The summed E-state index contributed by atoms with van der Waals surface area (Å²) in [6.07, 6.45) is 2.04. The van der Waals surface area contributed by atoms with Gasteiger partial charge in [-0.2, -0.15) is 5.26 Å². The molecule has 1 aliphatic heterocycles. The quantitative estimate of drug-likeness (QED) is 0.789. The van der Waals surface area contributed by atoms with Crippen LogP contribution in [0.25, 0.3) is 11.0 Å². The van der Waals surface area contributed by atoms with E-state index in [1.54, 1.807) is 12.1 Å². The molecule has 1 fully saturated rings. The number of nitrogens with two attached hydrogens (primary N) is 1. The summed E-state index contributed by atoms with van der Waals surface area (Å²) < 4.78 is 16.5. The minimum Gasteiger partial charge on any atom is -0.341 e. The molecular formula is C20H20FN5. The van der Waals surface area contributed by atoms with Crippen LogP contribution in [0.1, 0.15) is 24.0 Å². The van der Waals surface area contributed by atoms with Crippen LogP contribution in [0, 0.1) is 17.1 Å². The van der Waals surface area contributed by atoms with Crippen molar-refractivity contribution >= 4 is 17.0 Å². The number of benzene rings is 2. The fourth-order valence-electron chi connectivity index (χ4n) is 3.57. The maximum absolute atomic E-state index is 14.4. The van der Waals surface area contributed by atoms with E-state index >= 15 is 0 Å². The Morgan fingerprint density at radius 3 is 2.88 bits per heavy atom. The molecule has 1 aliphatic rings. The number of imidazole rings is 1. The van der Waals surface area contributed by atoms with Crippen LogP contribution in [-0.4, -0.2) is 28.7 Å². The predicted molar refractivity (Wildman–Crippen MR) is 99.4 cm³/mol. The number of piperidine rings is 1. The highest BCUT2D eigenvalue weighted by Gasteiger charge is 2.23. The van der Waals surface area contributed by atoms with Gasteiger partial charge in [0.25, 0.3) is 0 Å². The van der Waals surface area contributed by atoms with Crippen molar-refractivity contribution < 1.29 is 4.39 Å². The summed E-state index contributed by atoms with van der Waals surface area (Å²) in [5.74, 6) is 0.452. The van der Waals surface area contributed by atoms with E-state index in [1.165, 1.54) is 6.07 Å². The molecule has 132 valence electrons. The largest absolute Gasteiger partial charge is 0.341 e. The number of halogens is 1. The molecular weight excluding hydrogens is 329 g/mol. The molecule has 1 atom stereocenters. The van der Waals surface area contributed by atoms with Crippen molar-refractivity contribution in [3.8, 4) is 6.07 Å². The second-order valence-corrected chi connectivity index (χ2v) is 6.75. The van der Waals surface area contributed by atoms with Crippen LogP contribution in [0.2, 0.25) is 0 Å². The number of anilines is 1. The third-order valence-electron chi connectivity index (χ3n) is 4.89. The Balaban J connectivity index is 1.78. The molecule has 6 heteroatoms. The van der Waals surface area contributed by atoms with E-state index in [9.17, 15) is 4.39 Å². The molecule has 5 nitrogen and oxygen atoms in total. The van der Waals surface area contributed by atoms with Crippen LogP contribution in [0.4, 0.5) is 10.3 Å². The second-order valence-electron chi connectivity index (χ2n) is 6.75. The Hall–Kier alpha value is -2.91. The van der Waals surface area contributed by atoms with Gasteiger partial charge in [-0.25, -0.2) is 9.37 Å². The molecule has 0 bridgehead atoms. The first-order valence-corrected chi connectivity index (χ1v) is 8.80. The number of hydrogen-bond donors (Lipinski definition) is 1. The molecule has 0 saturated carbocycles. The maximum Gasteiger partial charge on any atom is 0.206 e. The number of nitriles is 1. The molecule has 1 saturated heterocycles. The third kappa shape index (κ3) is 3.02. The van der Waals surface area contributed by atoms with Crippen molar-refractivity contribution in [1.82, 2.24) is 9.55 Å². The lowest BCUT2D eigenvalue weighted by molar-refractivity contribution is 0.494. The highest BCUT2D eigenvalue weighted by Crippen LogP contribution is 2.26. The van der Waals surface area contributed by atoms with Gasteiger partial charge >= 0.3 is 0 Å².